The third-order valence-corrected chi connectivity index (χ3v) is 4.73. The average molecular weight is 387 g/mol. The lowest BCUT2D eigenvalue weighted by Crippen LogP contribution is -2.26. The van der Waals surface area contributed by atoms with E-state index < -0.39 is 18.0 Å². The minimum absolute atomic E-state index is 0.0479. The van der Waals surface area contributed by atoms with Gasteiger partial charge in [0, 0.05) is 21.5 Å². The van der Waals surface area contributed by atoms with Gasteiger partial charge in [0.15, 0.2) is 0 Å². The molecule has 132 valence electrons. The largest absolute Gasteiger partial charge is 0.447 e. The Kier molecular flexibility index (Phi) is 5.65. The molecule has 0 aliphatic heterocycles. The molecule has 1 aromatic heterocycles. The number of esters is 1. The van der Waals surface area contributed by atoms with Gasteiger partial charge in [-0.25, -0.2) is 4.98 Å². The molecule has 0 fully saturated rings. The van der Waals surface area contributed by atoms with Crippen molar-refractivity contribution in [3.05, 3.63) is 76.3 Å². The zero-order valence-electron chi connectivity index (χ0n) is 13.6. The summed E-state index contributed by atoms with van der Waals surface area (Å²) >= 11 is 7.40. The van der Waals surface area contributed by atoms with Gasteiger partial charge >= 0.3 is 5.97 Å². The second-order valence-corrected chi connectivity index (χ2v) is 6.81. The van der Waals surface area contributed by atoms with Crippen molar-refractivity contribution in [3.63, 3.8) is 0 Å². The van der Waals surface area contributed by atoms with Gasteiger partial charge in [0.05, 0.1) is 12.1 Å². The molecule has 0 aliphatic rings. The molecule has 3 aromatic rings. The van der Waals surface area contributed by atoms with Crippen molar-refractivity contribution in [2.75, 3.05) is 0 Å². The first-order valence-electron chi connectivity index (χ1n) is 7.77. The molecule has 0 saturated heterocycles. The molecule has 0 bridgehead atoms. The second kappa shape index (κ2) is 8.12. The van der Waals surface area contributed by atoms with Gasteiger partial charge in [0.2, 0.25) is 6.10 Å². The molecule has 0 radical (unpaired) electrons. The third-order valence-electron chi connectivity index (χ3n) is 3.56. The van der Waals surface area contributed by atoms with E-state index in [9.17, 15) is 9.59 Å². The van der Waals surface area contributed by atoms with Crippen LogP contribution in [0.4, 0.5) is 0 Å². The maximum absolute atomic E-state index is 12.2. The van der Waals surface area contributed by atoms with Crippen LogP contribution in [-0.4, -0.2) is 16.9 Å². The Labute approximate surface area is 159 Å². The highest BCUT2D eigenvalue weighted by atomic mass is 35.5. The van der Waals surface area contributed by atoms with Crippen molar-refractivity contribution in [2.45, 2.75) is 12.5 Å². The van der Waals surface area contributed by atoms with E-state index in [4.69, 9.17) is 22.1 Å². The summed E-state index contributed by atoms with van der Waals surface area (Å²) < 4.78 is 5.27. The number of nitrogens with zero attached hydrogens (tertiary/aromatic N) is 1. The Morgan fingerprint density at radius 3 is 2.62 bits per heavy atom. The standard InChI is InChI=1S/C19H15ClN2O3S/c20-14-8-4-7-13(9-14)19-22-15(11-26-19)10-16(23)25-17(18(21)24)12-5-2-1-3-6-12/h1-9,11,17H,10H2,(H2,21,24)/t17-/m1/s1. The smallest absolute Gasteiger partial charge is 0.313 e. The first kappa shape index (κ1) is 18.1. The van der Waals surface area contributed by atoms with E-state index in [-0.39, 0.29) is 6.42 Å². The average Bonchev–Trinajstić information content (AvgIpc) is 3.08. The summed E-state index contributed by atoms with van der Waals surface area (Å²) in [7, 11) is 0. The first-order valence-corrected chi connectivity index (χ1v) is 9.03. The van der Waals surface area contributed by atoms with Crippen LogP contribution in [0.15, 0.2) is 60.0 Å². The molecule has 2 N–H and O–H groups in total. The van der Waals surface area contributed by atoms with Crippen LogP contribution in [0.2, 0.25) is 5.02 Å². The van der Waals surface area contributed by atoms with Crippen molar-refractivity contribution in [1.82, 2.24) is 4.98 Å². The number of hydrogen-bond donors (Lipinski definition) is 1. The number of aromatic nitrogens is 1. The van der Waals surface area contributed by atoms with Crippen LogP contribution in [0.5, 0.6) is 0 Å². The summed E-state index contributed by atoms with van der Waals surface area (Å²) in [5.41, 5.74) is 7.33. The fourth-order valence-corrected chi connectivity index (χ4v) is 3.39. The van der Waals surface area contributed by atoms with Gasteiger partial charge < -0.3 is 10.5 Å². The Bertz CT molecular complexity index is 927. The quantitative estimate of drug-likeness (QED) is 0.653. The minimum atomic E-state index is -1.12. The van der Waals surface area contributed by atoms with Gasteiger partial charge in [0.25, 0.3) is 5.91 Å². The number of primary amides is 1. The lowest BCUT2D eigenvalue weighted by Gasteiger charge is -2.14. The summed E-state index contributed by atoms with van der Waals surface area (Å²) in [5, 5.41) is 3.15. The number of nitrogens with two attached hydrogens (primary N) is 1. The Hall–Kier alpha value is -2.70. The van der Waals surface area contributed by atoms with Crippen molar-refractivity contribution in [2.24, 2.45) is 5.73 Å². The molecular formula is C19H15ClN2O3S. The van der Waals surface area contributed by atoms with Crippen LogP contribution >= 0.6 is 22.9 Å². The van der Waals surface area contributed by atoms with Gasteiger partial charge in [-0.3, -0.25) is 9.59 Å². The fraction of sp³-hybridized carbons (Fsp3) is 0.105. The highest BCUT2D eigenvalue weighted by Crippen LogP contribution is 2.26. The molecule has 1 heterocycles. The van der Waals surface area contributed by atoms with Crippen molar-refractivity contribution in [3.8, 4) is 10.6 Å². The predicted molar refractivity (Wildman–Crippen MR) is 101 cm³/mol. The van der Waals surface area contributed by atoms with Crippen LogP contribution in [0.25, 0.3) is 10.6 Å². The molecule has 1 amide bonds. The summed E-state index contributed by atoms with van der Waals surface area (Å²) in [4.78, 5) is 28.3. The van der Waals surface area contributed by atoms with E-state index in [1.165, 1.54) is 11.3 Å². The molecule has 0 unspecified atom stereocenters. The van der Waals surface area contributed by atoms with Gasteiger partial charge in [-0.2, -0.15) is 0 Å². The number of halogens is 1. The second-order valence-electron chi connectivity index (χ2n) is 5.51. The number of rotatable bonds is 6. The Morgan fingerprint density at radius 1 is 1.15 bits per heavy atom. The van der Waals surface area contributed by atoms with Crippen molar-refractivity contribution >= 4 is 34.8 Å². The minimum Gasteiger partial charge on any atom is -0.447 e. The maximum Gasteiger partial charge on any atom is 0.313 e. The summed E-state index contributed by atoms with van der Waals surface area (Å²) in [6.07, 6.45) is -1.16. The molecule has 26 heavy (non-hydrogen) atoms. The van der Waals surface area contributed by atoms with E-state index in [1.807, 2.05) is 12.1 Å². The molecule has 3 rings (SSSR count). The van der Waals surface area contributed by atoms with Gasteiger partial charge in [0.1, 0.15) is 5.01 Å². The molecule has 7 heteroatoms. The van der Waals surface area contributed by atoms with Gasteiger partial charge in [-0.15, -0.1) is 11.3 Å². The highest BCUT2D eigenvalue weighted by molar-refractivity contribution is 7.13. The molecule has 5 nitrogen and oxygen atoms in total. The predicted octanol–water partition coefficient (Wildman–Crippen LogP) is 3.78. The number of carbonyl (C=O) groups excluding carboxylic acids is 2. The van der Waals surface area contributed by atoms with Gasteiger partial charge in [-0.1, -0.05) is 54.1 Å². The Morgan fingerprint density at radius 2 is 1.92 bits per heavy atom. The molecule has 2 aromatic carbocycles. The van der Waals surface area contributed by atoms with E-state index >= 15 is 0 Å². The van der Waals surface area contributed by atoms with Crippen molar-refractivity contribution in [1.29, 1.82) is 0 Å². The molecule has 0 saturated carbocycles. The first-order chi connectivity index (χ1) is 12.5. The molecule has 0 aliphatic carbocycles. The van der Waals surface area contributed by atoms with Gasteiger partial charge in [-0.05, 0) is 12.1 Å². The van der Waals surface area contributed by atoms with Crippen LogP contribution < -0.4 is 5.73 Å². The van der Waals surface area contributed by atoms with E-state index in [0.29, 0.717) is 16.3 Å². The zero-order valence-corrected chi connectivity index (χ0v) is 15.2. The number of amides is 1. The summed E-state index contributed by atoms with van der Waals surface area (Å²) in [6, 6.07) is 16.0. The highest BCUT2D eigenvalue weighted by Gasteiger charge is 2.23. The number of benzene rings is 2. The van der Waals surface area contributed by atoms with E-state index in [2.05, 4.69) is 4.98 Å². The van der Waals surface area contributed by atoms with Crippen LogP contribution in [-0.2, 0) is 20.7 Å². The number of ether oxygens (including phenoxy) is 1. The molecular weight excluding hydrogens is 372 g/mol. The monoisotopic (exact) mass is 386 g/mol. The topological polar surface area (TPSA) is 82.3 Å². The molecule has 0 spiro atoms. The van der Waals surface area contributed by atoms with E-state index in [0.717, 1.165) is 10.6 Å². The summed E-state index contributed by atoms with van der Waals surface area (Å²) in [6.45, 7) is 0. The fourth-order valence-electron chi connectivity index (χ4n) is 2.38. The summed E-state index contributed by atoms with van der Waals surface area (Å²) in [5.74, 6) is -1.29. The molecule has 1 atom stereocenters. The van der Waals surface area contributed by atoms with Crippen LogP contribution in [0.1, 0.15) is 17.4 Å². The lowest BCUT2D eigenvalue weighted by atomic mass is 10.1. The van der Waals surface area contributed by atoms with Crippen molar-refractivity contribution < 1.29 is 14.3 Å². The third kappa shape index (κ3) is 4.47. The normalized spacial score (nSPS) is 11.7. The lowest BCUT2D eigenvalue weighted by molar-refractivity contribution is -0.154. The van der Waals surface area contributed by atoms with Crippen LogP contribution in [0, 0.1) is 0 Å². The van der Waals surface area contributed by atoms with E-state index in [1.54, 1.807) is 47.8 Å². The SMILES string of the molecule is NC(=O)[C@H](OC(=O)Cc1csc(-c2cccc(Cl)c2)n1)c1ccccc1. The number of carbonyl (C=O) groups is 2. The Balaban J connectivity index is 1.69. The number of thiazole rings is 1. The maximum atomic E-state index is 12.2. The van der Waals surface area contributed by atoms with Crippen LogP contribution in [0.3, 0.4) is 0 Å². The number of hydrogen-bond acceptors (Lipinski definition) is 5. The zero-order chi connectivity index (χ0) is 18.5.